The number of ether oxygens (including phenoxy) is 1. The third-order valence-corrected chi connectivity index (χ3v) is 10.5. The number of nitrogens with zero attached hydrogens (tertiary/aromatic N) is 3. The van der Waals surface area contributed by atoms with Crippen LogP contribution in [0, 0.1) is 0 Å². The van der Waals surface area contributed by atoms with Crippen LogP contribution in [0.5, 0.6) is 5.75 Å². The summed E-state index contributed by atoms with van der Waals surface area (Å²) in [4.78, 5) is 18.3. The fourth-order valence-electron chi connectivity index (χ4n) is 6.77. The van der Waals surface area contributed by atoms with Crippen molar-refractivity contribution in [3.05, 3.63) is 82.2 Å². The lowest BCUT2D eigenvalue weighted by Gasteiger charge is -2.26. The Morgan fingerprint density at radius 2 is 1.76 bits per heavy atom. The van der Waals surface area contributed by atoms with Gasteiger partial charge >= 0.3 is 0 Å². The predicted molar refractivity (Wildman–Crippen MR) is 201 cm³/mol. The van der Waals surface area contributed by atoms with E-state index in [-0.39, 0.29) is 23.5 Å². The number of nitrogens with one attached hydrogen (secondary N) is 2. The fourth-order valence-corrected chi connectivity index (χ4v) is 7.56. The third-order valence-electron chi connectivity index (χ3n) is 9.67. The largest absolute Gasteiger partial charge is 0.508 e. The molecule has 1 aliphatic heterocycles. The monoisotopic (exact) mass is 719 g/mol. The number of aliphatic hydroxyl groups excluding tert-OH is 1. The Morgan fingerprint density at radius 1 is 1.04 bits per heavy atom. The highest BCUT2D eigenvalue weighted by molar-refractivity contribution is 7.89. The second-order valence-corrected chi connectivity index (χ2v) is 15.8. The van der Waals surface area contributed by atoms with Crippen LogP contribution in [0.3, 0.4) is 0 Å². The van der Waals surface area contributed by atoms with Gasteiger partial charge in [0, 0.05) is 61.0 Å². The van der Waals surface area contributed by atoms with Crippen molar-refractivity contribution >= 4 is 32.5 Å². The number of aliphatic hydroxyl groups is 1. The number of pyridine rings is 1. The van der Waals surface area contributed by atoms with E-state index >= 15 is 0 Å². The summed E-state index contributed by atoms with van der Waals surface area (Å²) < 4.78 is 30.8. The van der Waals surface area contributed by atoms with E-state index in [1.165, 1.54) is 11.6 Å². The van der Waals surface area contributed by atoms with Crippen molar-refractivity contribution < 1.29 is 28.2 Å². The Labute approximate surface area is 301 Å². The number of aryl methyl sites for hydroxylation is 3. The molecule has 51 heavy (non-hydrogen) atoms. The molecule has 1 amide bonds. The normalized spacial score (nSPS) is 14.5. The zero-order valence-electron chi connectivity index (χ0n) is 30.2. The molecule has 1 atom stereocenters. The molecule has 0 radical (unpaired) electrons. The Balaban J connectivity index is 1.08. The summed E-state index contributed by atoms with van der Waals surface area (Å²) in [5.41, 5.74) is 6.59. The first-order chi connectivity index (χ1) is 24.6. The first kappa shape index (κ1) is 38.2. The number of unbranched alkanes of at least 4 members (excludes halogenated alkanes) is 4. The van der Waals surface area contributed by atoms with Crippen molar-refractivity contribution in [2.75, 3.05) is 24.8 Å². The minimum atomic E-state index is -3.29. The van der Waals surface area contributed by atoms with Crippen LogP contribution < -0.4 is 10.6 Å². The number of hydrogen-bond acceptors (Lipinski definition) is 9. The summed E-state index contributed by atoms with van der Waals surface area (Å²) in [5.74, 6) is -0.449. The minimum Gasteiger partial charge on any atom is -0.508 e. The quantitative estimate of drug-likeness (QED) is 0.0855. The van der Waals surface area contributed by atoms with Crippen LogP contribution in [0.25, 0.3) is 11.0 Å². The van der Waals surface area contributed by atoms with Gasteiger partial charge in [0.15, 0.2) is 15.5 Å². The second-order valence-electron chi connectivity index (χ2n) is 13.7. The molecule has 0 bridgehead atoms. The van der Waals surface area contributed by atoms with Gasteiger partial charge in [0.1, 0.15) is 5.75 Å². The number of sulfone groups is 1. The molecule has 11 nitrogen and oxygen atoms in total. The summed E-state index contributed by atoms with van der Waals surface area (Å²) in [6.07, 6.45) is 11.4. The molecule has 1 aliphatic rings. The van der Waals surface area contributed by atoms with Crippen LogP contribution in [0.2, 0.25) is 0 Å². The first-order valence-electron chi connectivity index (χ1n) is 18.3. The second kappa shape index (κ2) is 18.0. The van der Waals surface area contributed by atoms with Gasteiger partial charge in [0.2, 0.25) is 0 Å². The zero-order valence-corrected chi connectivity index (χ0v) is 31.0. The van der Waals surface area contributed by atoms with Crippen molar-refractivity contribution in [2.45, 2.75) is 109 Å². The van der Waals surface area contributed by atoms with Crippen molar-refractivity contribution in [1.29, 1.82) is 0 Å². The summed E-state index contributed by atoms with van der Waals surface area (Å²) in [7, 11) is -3.29. The molecule has 4 N–H and O–H groups in total. The highest BCUT2D eigenvalue weighted by Crippen LogP contribution is 2.32. The van der Waals surface area contributed by atoms with Crippen molar-refractivity contribution in [2.24, 2.45) is 0 Å². The molecule has 0 spiro atoms. The number of hydrogen-bond donors (Lipinski definition) is 4. The number of fused-ring (bicyclic) bond motifs is 1. The predicted octanol–water partition coefficient (Wildman–Crippen LogP) is 6.40. The minimum absolute atomic E-state index is 0.0732. The van der Waals surface area contributed by atoms with Crippen molar-refractivity contribution in [3.63, 3.8) is 0 Å². The molecule has 5 rings (SSSR count). The molecule has 12 heteroatoms. The molecule has 1 saturated heterocycles. The van der Waals surface area contributed by atoms with Crippen LogP contribution in [0.1, 0.15) is 110 Å². The van der Waals surface area contributed by atoms with Gasteiger partial charge in [-0.3, -0.25) is 4.79 Å². The van der Waals surface area contributed by atoms with Crippen LogP contribution in [-0.2, 0) is 46.3 Å². The lowest BCUT2D eigenvalue weighted by atomic mass is 9.99. The van der Waals surface area contributed by atoms with Crippen LogP contribution in [0.15, 0.2) is 48.7 Å². The van der Waals surface area contributed by atoms with Crippen LogP contribution in [-0.4, -0.2) is 64.8 Å². The number of phenolic OH excluding ortho intramolecular Hbond substituents is 1. The zero-order chi connectivity index (χ0) is 36.4. The number of rotatable bonds is 18. The number of aromatic nitrogens is 3. The van der Waals surface area contributed by atoms with Gasteiger partial charge in [0.05, 0.1) is 29.1 Å². The molecule has 0 saturated carbocycles. The number of anilines is 1. The van der Waals surface area contributed by atoms with E-state index in [4.69, 9.17) is 9.72 Å². The third kappa shape index (κ3) is 10.5. The van der Waals surface area contributed by atoms with Gasteiger partial charge in [-0.05, 0) is 80.8 Å². The average Bonchev–Trinajstić information content (AvgIpc) is 3.54. The maximum Gasteiger partial charge on any atom is 0.251 e. The number of aromatic hydroxyl groups is 1. The molecular formula is C39H53N5O6S. The molecular weight excluding hydrogens is 667 g/mol. The molecule has 2 aromatic carbocycles. The van der Waals surface area contributed by atoms with Crippen LogP contribution >= 0.6 is 0 Å². The summed E-state index contributed by atoms with van der Waals surface area (Å²) in [6.45, 7) is 6.72. The SMILES string of the molecule is CCc1nc2c(cnn2CC)c(NC2CCOCC2)c1CNC(=O)c1ccc(CCCCCCC[C@H](O)c2ccc(O)c(CS(C)(=O)=O)c2)cc1. The van der Waals surface area contributed by atoms with Gasteiger partial charge in [-0.1, -0.05) is 50.8 Å². The number of benzene rings is 2. The first-order valence-corrected chi connectivity index (χ1v) is 20.4. The fraction of sp³-hybridized carbons (Fsp3) is 0.513. The molecule has 4 aromatic rings. The molecule has 0 unspecified atom stereocenters. The van der Waals surface area contributed by atoms with Crippen molar-refractivity contribution in [1.82, 2.24) is 20.1 Å². The lowest BCUT2D eigenvalue weighted by Crippen LogP contribution is -2.30. The summed E-state index contributed by atoms with van der Waals surface area (Å²) in [6, 6.07) is 12.8. The number of carbonyl (C=O) groups excluding carboxylic acids is 1. The van der Waals surface area contributed by atoms with Gasteiger partial charge in [0.25, 0.3) is 5.91 Å². The number of carbonyl (C=O) groups is 1. The van der Waals surface area contributed by atoms with Gasteiger partial charge in [-0.25, -0.2) is 18.1 Å². The molecule has 0 aliphatic carbocycles. The number of phenols is 1. The van der Waals surface area contributed by atoms with Crippen LogP contribution in [0.4, 0.5) is 5.69 Å². The van der Waals surface area contributed by atoms with E-state index in [2.05, 4.69) is 29.6 Å². The Hall–Kier alpha value is -4.00. The van der Waals surface area contributed by atoms with E-state index in [9.17, 15) is 23.4 Å². The van der Waals surface area contributed by atoms with Gasteiger partial charge < -0.3 is 25.6 Å². The van der Waals surface area contributed by atoms with Gasteiger partial charge in [-0.2, -0.15) is 5.10 Å². The summed E-state index contributed by atoms with van der Waals surface area (Å²) in [5, 5.41) is 33.1. The Kier molecular flexibility index (Phi) is 13.5. The smallest absolute Gasteiger partial charge is 0.251 e. The van der Waals surface area contributed by atoms with E-state index in [1.807, 2.05) is 35.1 Å². The van der Waals surface area contributed by atoms with Gasteiger partial charge in [-0.15, -0.1) is 0 Å². The van der Waals surface area contributed by atoms with E-state index in [0.29, 0.717) is 29.7 Å². The average molecular weight is 720 g/mol. The molecule has 1 fully saturated rings. The Bertz CT molecular complexity index is 1870. The maximum atomic E-state index is 13.3. The highest BCUT2D eigenvalue weighted by Gasteiger charge is 2.22. The van der Waals surface area contributed by atoms with E-state index < -0.39 is 15.9 Å². The highest BCUT2D eigenvalue weighted by atomic mass is 32.2. The number of amides is 1. The molecule has 2 aromatic heterocycles. The van der Waals surface area contributed by atoms with Crippen molar-refractivity contribution in [3.8, 4) is 5.75 Å². The van der Waals surface area contributed by atoms with E-state index in [1.54, 1.807) is 12.1 Å². The Morgan fingerprint density at radius 3 is 2.47 bits per heavy atom. The molecule has 3 heterocycles. The topological polar surface area (TPSA) is 156 Å². The maximum absolute atomic E-state index is 13.3. The standard InChI is InChI=1S/C39H53N5O6S/c1-4-34-32(37(42-31-19-21-50-22-20-31)33-25-41-44(5-2)38(33)43-34)24-40-39(47)28-15-13-27(14-16-28)11-9-7-6-8-10-12-35(45)29-17-18-36(46)30(23-29)26-51(3,48)49/h13-18,23,25,31,35,45-46H,4-12,19-22,24,26H2,1-3H3,(H,40,47)(H,42,43)/t35-/m0/s1. The molecule has 276 valence electrons. The van der Waals surface area contributed by atoms with E-state index in [0.717, 1.165) is 112 Å². The lowest BCUT2D eigenvalue weighted by molar-refractivity contribution is 0.0904. The summed E-state index contributed by atoms with van der Waals surface area (Å²) >= 11 is 0.